The second-order valence-electron chi connectivity index (χ2n) is 12.1. The molecule has 1 aromatic rings. The molecule has 0 unspecified atom stereocenters. The molecule has 2 heterocycles. The number of rotatable bonds is 7. The van der Waals surface area contributed by atoms with Crippen molar-refractivity contribution in [2.24, 2.45) is 0 Å². The van der Waals surface area contributed by atoms with Crippen molar-refractivity contribution in [3.63, 3.8) is 0 Å². The van der Waals surface area contributed by atoms with Crippen molar-refractivity contribution in [2.75, 3.05) is 6.61 Å². The van der Waals surface area contributed by atoms with E-state index in [2.05, 4.69) is 39.2 Å². The summed E-state index contributed by atoms with van der Waals surface area (Å²) >= 11 is 0. The number of amides is 2. The highest BCUT2D eigenvalue weighted by molar-refractivity contribution is 6.74. The summed E-state index contributed by atoms with van der Waals surface area (Å²) in [7, 11) is -2.12. The second kappa shape index (κ2) is 10.1. The summed E-state index contributed by atoms with van der Waals surface area (Å²) in [5.74, 6) is -2.91. The van der Waals surface area contributed by atoms with E-state index in [1.807, 2.05) is 0 Å². The Bertz CT molecular complexity index is 1140. The number of carboxylic acid groups (broad SMARTS) is 1. The summed E-state index contributed by atoms with van der Waals surface area (Å²) in [6.07, 6.45) is 1.04. The highest BCUT2D eigenvalue weighted by Gasteiger charge is 2.54. The highest BCUT2D eigenvalue weighted by atomic mass is 28.4. The molecule has 2 aliphatic rings. The van der Waals surface area contributed by atoms with Gasteiger partial charge in [0, 0.05) is 0 Å². The molecule has 10 heteroatoms. The third-order valence-electron chi connectivity index (χ3n) is 7.23. The lowest BCUT2D eigenvalue weighted by Crippen LogP contribution is -2.72. The molecule has 2 atom stereocenters. The van der Waals surface area contributed by atoms with Gasteiger partial charge >= 0.3 is 11.9 Å². The number of β-lactam (4-membered cyclic amide) rings is 1. The molecule has 37 heavy (non-hydrogen) atoms. The van der Waals surface area contributed by atoms with Gasteiger partial charge < -0.3 is 19.6 Å². The van der Waals surface area contributed by atoms with Gasteiger partial charge in [-0.05, 0) is 69.5 Å². The lowest BCUT2D eigenvalue weighted by atomic mass is 9.83. The number of carbonyl (C=O) groups is 4. The third kappa shape index (κ3) is 5.96. The molecule has 0 saturated carbocycles. The van der Waals surface area contributed by atoms with Crippen LogP contribution in [0.2, 0.25) is 18.1 Å². The summed E-state index contributed by atoms with van der Waals surface area (Å²) in [6, 6.07) is 4.54. The largest absolute Gasteiger partial charge is 0.478 e. The van der Waals surface area contributed by atoms with E-state index in [0.29, 0.717) is 18.4 Å². The number of esters is 1. The van der Waals surface area contributed by atoms with Gasteiger partial charge in [-0.25, -0.2) is 9.59 Å². The van der Waals surface area contributed by atoms with Gasteiger partial charge in [-0.2, -0.15) is 0 Å². The number of hydrogen-bond acceptors (Lipinski definition) is 6. The van der Waals surface area contributed by atoms with Crippen LogP contribution in [0.1, 0.15) is 75.1 Å². The van der Waals surface area contributed by atoms with E-state index in [4.69, 9.17) is 9.16 Å². The quantitative estimate of drug-likeness (QED) is 0.309. The first kappa shape index (κ1) is 28.6. The average Bonchev–Trinajstić information content (AvgIpc) is 2.78. The summed E-state index contributed by atoms with van der Waals surface area (Å²) < 4.78 is 12.0. The van der Waals surface area contributed by atoms with Crippen LogP contribution >= 0.6 is 0 Å². The van der Waals surface area contributed by atoms with Crippen molar-refractivity contribution < 1.29 is 33.4 Å². The van der Waals surface area contributed by atoms with Crippen molar-refractivity contribution in [3.8, 4) is 0 Å². The first-order valence-electron chi connectivity index (χ1n) is 12.5. The van der Waals surface area contributed by atoms with Crippen molar-refractivity contribution in [2.45, 2.75) is 90.2 Å². The van der Waals surface area contributed by atoms with Crippen LogP contribution in [0.25, 0.3) is 0 Å². The molecule has 0 spiro atoms. The molecule has 1 saturated heterocycles. The summed E-state index contributed by atoms with van der Waals surface area (Å²) in [4.78, 5) is 52.4. The number of carbonyl (C=O) groups excluding carboxylic acids is 3. The number of hydrogen-bond donors (Lipinski definition) is 2. The number of benzene rings is 1. The van der Waals surface area contributed by atoms with E-state index >= 15 is 0 Å². The number of ether oxygens (including phenoxy) is 1. The first-order valence-corrected chi connectivity index (χ1v) is 15.4. The van der Waals surface area contributed by atoms with Crippen molar-refractivity contribution in [3.05, 3.63) is 46.7 Å². The zero-order valence-corrected chi connectivity index (χ0v) is 23.9. The molecular formula is C27H38N2O7Si. The molecule has 1 aromatic carbocycles. The predicted molar refractivity (Wildman–Crippen MR) is 141 cm³/mol. The number of aromatic carboxylic acids is 1. The zero-order valence-electron chi connectivity index (χ0n) is 22.9. The lowest BCUT2D eigenvalue weighted by Gasteiger charge is -2.51. The van der Waals surface area contributed by atoms with Gasteiger partial charge in [0.1, 0.15) is 17.3 Å². The molecule has 0 radical (unpaired) electrons. The van der Waals surface area contributed by atoms with Gasteiger partial charge in [0.2, 0.25) is 0 Å². The van der Waals surface area contributed by atoms with Gasteiger partial charge in [0.25, 0.3) is 11.8 Å². The highest BCUT2D eigenvalue weighted by Crippen LogP contribution is 2.40. The molecule has 2 N–H and O–H groups in total. The second-order valence-corrected chi connectivity index (χ2v) is 16.9. The summed E-state index contributed by atoms with van der Waals surface area (Å²) in [6.45, 7) is 16.2. The monoisotopic (exact) mass is 530 g/mol. The molecule has 2 aliphatic heterocycles. The van der Waals surface area contributed by atoms with Crippen LogP contribution in [-0.4, -0.2) is 66.4 Å². The predicted octanol–water partition coefficient (Wildman–Crippen LogP) is 4.11. The Hall–Kier alpha value is -2.98. The molecule has 0 bridgehead atoms. The van der Waals surface area contributed by atoms with Gasteiger partial charge in [-0.15, -0.1) is 0 Å². The van der Waals surface area contributed by atoms with E-state index in [-0.39, 0.29) is 28.5 Å². The normalized spacial score (nSPS) is 20.2. The maximum atomic E-state index is 13.3. The van der Waals surface area contributed by atoms with Crippen molar-refractivity contribution in [1.82, 2.24) is 10.2 Å². The minimum Gasteiger partial charge on any atom is -0.478 e. The van der Waals surface area contributed by atoms with Crippen molar-refractivity contribution in [1.29, 1.82) is 0 Å². The topological polar surface area (TPSA) is 122 Å². The smallest absolute Gasteiger partial charge is 0.355 e. The molecule has 2 amide bonds. The minimum atomic E-state index is -2.12. The Kier molecular flexibility index (Phi) is 7.77. The molecule has 0 aliphatic carbocycles. The molecule has 1 fully saturated rings. The fourth-order valence-corrected chi connectivity index (χ4v) is 5.13. The van der Waals surface area contributed by atoms with Gasteiger partial charge in [0.15, 0.2) is 8.32 Å². The van der Waals surface area contributed by atoms with Crippen LogP contribution < -0.4 is 5.32 Å². The summed E-state index contributed by atoms with van der Waals surface area (Å²) in [5.41, 5.74) is -0.0316. The van der Waals surface area contributed by atoms with E-state index in [9.17, 15) is 24.3 Å². The maximum Gasteiger partial charge on any atom is 0.355 e. The maximum absolute atomic E-state index is 13.3. The van der Waals surface area contributed by atoms with E-state index in [1.54, 1.807) is 26.8 Å². The molecule has 202 valence electrons. The summed E-state index contributed by atoms with van der Waals surface area (Å²) in [5, 5.41) is 12.1. The molecule has 3 rings (SSSR count). The van der Waals surface area contributed by atoms with Crippen molar-refractivity contribution >= 4 is 32.1 Å². The number of fused-ring (bicyclic) bond motifs is 1. The zero-order chi connectivity index (χ0) is 27.9. The van der Waals surface area contributed by atoms with Crippen LogP contribution in [0, 0.1) is 0 Å². The first-order chi connectivity index (χ1) is 16.9. The fraction of sp³-hybridized carbons (Fsp3) is 0.556. The number of carboxylic acids is 1. The molecule has 0 aromatic heterocycles. The third-order valence-corrected chi connectivity index (χ3v) is 11.7. The van der Waals surface area contributed by atoms with E-state index < -0.39 is 49.8 Å². The van der Waals surface area contributed by atoms with Gasteiger partial charge in [-0.3, -0.25) is 14.5 Å². The standard InChI is InChI=1S/C27H38N2O7Si/c1-26(2,3)36-25(34)21-16(15-35-37(7,8)27(4,5)6)13-14-19-20(23(31)29(19)21)28-22(30)17-11-9-10-12-18(17)24(32)33/h9-12,19-20H,13-15H2,1-8H3,(H,28,30)(H,32,33)/t19-,20+/m1/s1. The Balaban J connectivity index is 1.87. The SMILES string of the molecule is CC(C)(C)OC(=O)C1=C(CO[Si](C)(C)C(C)(C)C)CC[C@@H]2[C@H](NC(=O)c3ccccc3C(=O)O)C(=O)N12. The van der Waals surface area contributed by atoms with Gasteiger partial charge in [0.05, 0.1) is 23.8 Å². The van der Waals surface area contributed by atoms with Crippen LogP contribution in [0.3, 0.4) is 0 Å². The number of nitrogens with one attached hydrogen (secondary N) is 1. The van der Waals surface area contributed by atoms with E-state index in [1.165, 1.54) is 23.1 Å². The van der Waals surface area contributed by atoms with Gasteiger partial charge in [-0.1, -0.05) is 32.9 Å². The molecule has 9 nitrogen and oxygen atoms in total. The van der Waals surface area contributed by atoms with Crippen LogP contribution in [0.5, 0.6) is 0 Å². The Morgan fingerprint density at radius 2 is 1.68 bits per heavy atom. The van der Waals surface area contributed by atoms with E-state index in [0.717, 1.165) is 0 Å². The number of nitrogens with zero attached hydrogens (tertiary/aromatic N) is 1. The molecular weight excluding hydrogens is 492 g/mol. The lowest BCUT2D eigenvalue weighted by molar-refractivity contribution is -0.161. The average molecular weight is 531 g/mol. The Morgan fingerprint density at radius 3 is 2.22 bits per heavy atom. The van der Waals surface area contributed by atoms with Crippen LogP contribution in [-0.2, 0) is 18.8 Å². The van der Waals surface area contributed by atoms with Crippen LogP contribution in [0.4, 0.5) is 0 Å². The fourth-order valence-electron chi connectivity index (χ4n) is 4.17. The van der Waals surface area contributed by atoms with Crippen LogP contribution in [0.15, 0.2) is 35.5 Å². The Morgan fingerprint density at radius 1 is 1.08 bits per heavy atom. The minimum absolute atomic E-state index is 0.0228. The Labute approximate surface area is 219 Å².